The van der Waals surface area contributed by atoms with Crippen LogP contribution < -0.4 is 4.74 Å². The number of phenols is 1. The van der Waals surface area contributed by atoms with Crippen molar-refractivity contribution in [3.8, 4) is 11.5 Å². The van der Waals surface area contributed by atoms with Crippen molar-refractivity contribution in [2.24, 2.45) is 0 Å². The number of phenolic OH excluding ortho intramolecular Hbond substituents is 1. The van der Waals surface area contributed by atoms with Crippen LogP contribution in [0, 0.1) is 5.82 Å². The predicted octanol–water partition coefficient (Wildman–Crippen LogP) is 4.65. The highest BCUT2D eigenvalue weighted by Gasteiger charge is 2.12. The molecule has 0 aliphatic heterocycles. The maximum absolute atomic E-state index is 13.2. The number of benzene rings is 2. The van der Waals surface area contributed by atoms with Gasteiger partial charge in [0.15, 0.2) is 0 Å². The molecule has 0 saturated carbocycles. The molecule has 2 aromatic carbocycles. The van der Waals surface area contributed by atoms with Gasteiger partial charge in [-0.05, 0) is 50.2 Å². The number of halogens is 1. The number of aromatic nitrogens is 1. The van der Waals surface area contributed by atoms with Gasteiger partial charge in [0.25, 0.3) is 0 Å². The van der Waals surface area contributed by atoms with Crippen molar-refractivity contribution in [3.63, 3.8) is 0 Å². The maximum Gasteiger partial charge on any atom is 0.128 e. The highest BCUT2D eigenvalue weighted by molar-refractivity contribution is 5.83. The van der Waals surface area contributed by atoms with Gasteiger partial charge in [0.1, 0.15) is 23.9 Å². The monoisotopic (exact) mass is 299 g/mol. The van der Waals surface area contributed by atoms with E-state index in [0.29, 0.717) is 12.4 Å². The molecule has 3 nitrogen and oxygen atoms in total. The number of hydrogen-bond donors (Lipinski definition) is 1. The van der Waals surface area contributed by atoms with Gasteiger partial charge < -0.3 is 14.4 Å². The van der Waals surface area contributed by atoms with Crippen molar-refractivity contribution < 1.29 is 14.2 Å². The first-order valence-corrected chi connectivity index (χ1v) is 7.26. The number of hydrogen-bond acceptors (Lipinski definition) is 2. The molecular formula is C18H18FNO2. The molecule has 1 aromatic heterocycles. The summed E-state index contributed by atoms with van der Waals surface area (Å²) in [6.07, 6.45) is 0. The topological polar surface area (TPSA) is 34.4 Å². The minimum Gasteiger partial charge on any atom is -0.508 e. The molecular weight excluding hydrogens is 281 g/mol. The first-order valence-electron chi connectivity index (χ1n) is 7.26. The second kappa shape index (κ2) is 5.72. The summed E-state index contributed by atoms with van der Waals surface area (Å²) in [5.74, 6) is 0.432. The molecule has 3 aromatic rings. The SMILES string of the molecule is CC(C)n1c(COc2cccc(F)c2)cc2cc(O)ccc21. The molecule has 3 rings (SSSR count). The lowest BCUT2D eigenvalue weighted by Crippen LogP contribution is -2.08. The molecule has 0 atom stereocenters. The average Bonchev–Trinajstić information content (AvgIpc) is 2.82. The van der Waals surface area contributed by atoms with Gasteiger partial charge in [-0.15, -0.1) is 0 Å². The van der Waals surface area contributed by atoms with E-state index in [0.717, 1.165) is 16.6 Å². The zero-order chi connectivity index (χ0) is 15.7. The van der Waals surface area contributed by atoms with Crippen LogP contribution >= 0.6 is 0 Å². The van der Waals surface area contributed by atoms with Gasteiger partial charge in [-0.2, -0.15) is 0 Å². The van der Waals surface area contributed by atoms with Crippen LogP contribution in [0.2, 0.25) is 0 Å². The zero-order valence-electron chi connectivity index (χ0n) is 12.6. The van der Waals surface area contributed by atoms with Gasteiger partial charge >= 0.3 is 0 Å². The van der Waals surface area contributed by atoms with Gasteiger partial charge in [-0.3, -0.25) is 0 Å². The Morgan fingerprint density at radius 2 is 1.95 bits per heavy atom. The van der Waals surface area contributed by atoms with Gasteiger partial charge in [0.2, 0.25) is 0 Å². The van der Waals surface area contributed by atoms with E-state index < -0.39 is 0 Å². The van der Waals surface area contributed by atoms with Crippen molar-refractivity contribution in [1.82, 2.24) is 4.57 Å². The van der Waals surface area contributed by atoms with E-state index in [1.807, 2.05) is 12.1 Å². The Morgan fingerprint density at radius 1 is 1.14 bits per heavy atom. The molecule has 0 fully saturated rings. The van der Waals surface area contributed by atoms with Crippen LogP contribution in [0.25, 0.3) is 10.9 Å². The van der Waals surface area contributed by atoms with E-state index in [1.54, 1.807) is 24.3 Å². The first kappa shape index (κ1) is 14.4. The fourth-order valence-electron chi connectivity index (χ4n) is 2.72. The molecule has 0 radical (unpaired) electrons. The molecule has 1 N–H and O–H groups in total. The summed E-state index contributed by atoms with van der Waals surface area (Å²) >= 11 is 0. The van der Waals surface area contributed by atoms with Crippen LogP contribution in [0.15, 0.2) is 48.5 Å². The van der Waals surface area contributed by atoms with Crippen LogP contribution in [0.5, 0.6) is 11.5 Å². The summed E-state index contributed by atoms with van der Waals surface area (Å²) in [6.45, 7) is 4.53. The lowest BCUT2D eigenvalue weighted by Gasteiger charge is -2.15. The molecule has 0 aliphatic rings. The molecule has 0 saturated heterocycles. The van der Waals surface area contributed by atoms with Crippen molar-refractivity contribution in [1.29, 1.82) is 0 Å². The number of nitrogens with zero attached hydrogens (tertiary/aromatic N) is 1. The molecule has 22 heavy (non-hydrogen) atoms. The summed E-state index contributed by atoms with van der Waals surface area (Å²) in [7, 11) is 0. The van der Waals surface area contributed by atoms with Crippen LogP contribution in [-0.2, 0) is 6.61 Å². The Morgan fingerprint density at radius 3 is 2.68 bits per heavy atom. The molecule has 0 bridgehead atoms. The summed E-state index contributed by atoms with van der Waals surface area (Å²) in [4.78, 5) is 0. The van der Waals surface area contributed by atoms with Crippen LogP contribution in [-0.4, -0.2) is 9.67 Å². The minimum absolute atomic E-state index is 0.242. The van der Waals surface area contributed by atoms with E-state index in [1.165, 1.54) is 12.1 Å². The largest absolute Gasteiger partial charge is 0.508 e. The van der Waals surface area contributed by atoms with Crippen LogP contribution in [0.3, 0.4) is 0 Å². The Hall–Kier alpha value is -2.49. The van der Waals surface area contributed by atoms with Crippen molar-refractivity contribution in [2.45, 2.75) is 26.5 Å². The van der Waals surface area contributed by atoms with Gasteiger partial charge in [0.05, 0.1) is 5.69 Å². The predicted molar refractivity (Wildman–Crippen MR) is 84.7 cm³/mol. The second-order valence-electron chi connectivity index (χ2n) is 5.59. The summed E-state index contributed by atoms with van der Waals surface area (Å²) in [5, 5.41) is 10.6. The summed E-state index contributed by atoms with van der Waals surface area (Å²) < 4.78 is 21.1. The molecule has 4 heteroatoms. The fourth-order valence-corrected chi connectivity index (χ4v) is 2.72. The summed E-state index contributed by atoms with van der Waals surface area (Å²) in [5.41, 5.74) is 2.03. The lowest BCUT2D eigenvalue weighted by atomic mass is 10.2. The molecule has 0 spiro atoms. The van der Waals surface area contributed by atoms with Crippen molar-refractivity contribution in [3.05, 3.63) is 60.0 Å². The Labute approximate surface area is 128 Å². The van der Waals surface area contributed by atoms with Crippen LogP contribution in [0.4, 0.5) is 4.39 Å². The number of ether oxygens (including phenoxy) is 1. The van der Waals surface area contributed by atoms with E-state index >= 15 is 0 Å². The van der Waals surface area contributed by atoms with E-state index in [4.69, 9.17) is 4.74 Å². The third-order valence-electron chi connectivity index (χ3n) is 3.60. The third kappa shape index (κ3) is 2.77. The molecule has 1 heterocycles. The van der Waals surface area contributed by atoms with Gasteiger partial charge in [0, 0.05) is 23.0 Å². The smallest absolute Gasteiger partial charge is 0.128 e. The first-order chi connectivity index (χ1) is 10.5. The lowest BCUT2D eigenvalue weighted by molar-refractivity contribution is 0.291. The fraction of sp³-hybridized carbons (Fsp3) is 0.222. The van der Waals surface area contributed by atoms with E-state index in [2.05, 4.69) is 18.4 Å². The highest BCUT2D eigenvalue weighted by Crippen LogP contribution is 2.28. The Bertz CT molecular complexity index is 808. The molecule has 0 amide bonds. The third-order valence-corrected chi connectivity index (χ3v) is 3.60. The quantitative estimate of drug-likeness (QED) is 0.761. The van der Waals surface area contributed by atoms with Crippen LogP contribution in [0.1, 0.15) is 25.6 Å². The van der Waals surface area contributed by atoms with E-state index in [-0.39, 0.29) is 17.6 Å². The number of aromatic hydroxyl groups is 1. The minimum atomic E-state index is -0.313. The second-order valence-corrected chi connectivity index (χ2v) is 5.59. The summed E-state index contributed by atoms with van der Waals surface area (Å²) in [6, 6.07) is 13.7. The molecule has 0 unspecified atom stereocenters. The van der Waals surface area contributed by atoms with Gasteiger partial charge in [-0.25, -0.2) is 4.39 Å². The standard InChI is InChI=1S/C18H18FNO2/c1-12(2)20-15(8-13-9-16(21)6-7-18(13)20)11-22-17-5-3-4-14(19)10-17/h3-10,12,21H,11H2,1-2H3. The highest BCUT2D eigenvalue weighted by atomic mass is 19.1. The molecule has 0 aliphatic carbocycles. The maximum atomic E-state index is 13.2. The zero-order valence-corrected chi connectivity index (χ0v) is 12.6. The number of fused-ring (bicyclic) bond motifs is 1. The number of rotatable bonds is 4. The van der Waals surface area contributed by atoms with E-state index in [9.17, 15) is 9.50 Å². The Kier molecular flexibility index (Phi) is 3.75. The van der Waals surface area contributed by atoms with Gasteiger partial charge in [-0.1, -0.05) is 6.07 Å². The van der Waals surface area contributed by atoms with Crippen molar-refractivity contribution >= 4 is 10.9 Å². The van der Waals surface area contributed by atoms with Crippen molar-refractivity contribution in [2.75, 3.05) is 0 Å². The average molecular weight is 299 g/mol. The normalized spacial score (nSPS) is 11.3. The Balaban J connectivity index is 1.94. The molecule has 114 valence electrons.